The van der Waals surface area contributed by atoms with Crippen molar-refractivity contribution in [2.75, 3.05) is 7.11 Å². The number of nitrogens with one attached hydrogen (secondary N) is 1. The van der Waals surface area contributed by atoms with Crippen LogP contribution in [0.2, 0.25) is 0 Å². The standard InChI is InChI=1S/C20H19F2N3O3/c1-13-5-3-8-17-24-15(12-25(13)17)11-23-18(26)10-9-14-6-4-7-16(27-2)19(14)28-20(21)22/h3-10,12,20H,11H2,1-2H3,(H,23,26). The molecule has 1 amide bonds. The quantitative estimate of drug-likeness (QED) is 0.630. The second-order valence-corrected chi connectivity index (χ2v) is 5.94. The summed E-state index contributed by atoms with van der Waals surface area (Å²) in [4.78, 5) is 16.5. The van der Waals surface area contributed by atoms with E-state index in [-0.39, 0.29) is 24.0 Å². The molecule has 0 fully saturated rings. The van der Waals surface area contributed by atoms with Gasteiger partial charge in [-0.05, 0) is 31.2 Å². The fraction of sp³-hybridized carbons (Fsp3) is 0.200. The van der Waals surface area contributed by atoms with Crippen molar-refractivity contribution in [2.45, 2.75) is 20.1 Å². The second kappa shape index (κ2) is 8.51. The highest BCUT2D eigenvalue weighted by Crippen LogP contribution is 2.33. The molecule has 2 aromatic heterocycles. The van der Waals surface area contributed by atoms with Crippen LogP contribution in [-0.2, 0) is 11.3 Å². The monoisotopic (exact) mass is 387 g/mol. The molecule has 3 rings (SSSR count). The van der Waals surface area contributed by atoms with Crippen molar-refractivity contribution in [2.24, 2.45) is 0 Å². The number of pyridine rings is 1. The zero-order valence-electron chi connectivity index (χ0n) is 15.4. The van der Waals surface area contributed by atoms with Crippen molar-refractivity contribution >= 4 is 17.6 Å². The molecule has 1 N–H and O–H groups in total. The number of ether oxygens (including phenoxy) is 2. The van der Waals surface area contributed by atoms with Gasteiger partial charge in [-0.25, -0.2) is 4.98 Å². The number of alkyl halides is 2. The predicted octanol–water partition coefficient (Wildman–Crippen LogP) is 3.58. The summed E-state index contributed by atoms with van der Waals surface area (Å²) in [5, 5.41) is 2.72. The number of amides is 1. The topological polar surface area (TPSA) is 64.9 Å². The van der Waals surface area contributed by atoms with Crippen molar-refractivity contribution in [3.8, 4) is 11.5 Å². The average Bonchev–Trinajstić information content (AvgIpc) is 3.09. The van der Waals surface area contributed by atoms with Crippen LogP contribution in [-0.4, -0.2) is 29.0 Å². The molecule has 0 aliphatic rings. The molecule has 3 aromatic rings. The zero-order valence-corrected chi connectivity index (χ0v) is 15.4. The third kappa shape index (κ3) is 4.46. The highest BCUT2D eigenvalue weighted by Gasteiger charge is 2.14. The fourth-order valence-corrected chi connectivity index (χ4v) is 2.73. The molecule has 0 saturated carbocycles. The van der Waals surface area contributed by atoms with Crippen LogP contribution in [0.4, 0.5) is 8.78 Å². The van der Waals surface area contributed by atoms with Gasteiger partial charge in [0.25, 0.3) is 0 Å². The molecule has 0 radical (unpaired) electrons. The fourth-order valence-electron chi connectivity index (χ4n) is 2.73. The number of hydrogen-bond acceptors (Lipinski definition) is 4. The van der Waals surface area contributed by atoms with Crippen LogP contribution in [0.5, 0.6) is 11.5 Å². The number of para-hydroxylation sites is 1. The summed E-state index contributed by atoms with van der Waals surface area (Å²) in [5.74, 6) is -0.359. The lowest BCUT2D eigenvalue weighted by Gasteiger charge is -2.12. The van der Waals surface area contributed by atoms with Crippen LogP contribution >= 0.6 is 0 Å². The average molecular weight is 387 g/mol. The Morgan fingerprint density at radius 3 is 2.79 bits per heavy atom. The van der Waals surface area contributed by atoms with Gasteiger partial charge in [0.05, 0.1) is 19.3 Å². The SMILES string of the molecule is COc1cccc(C=CC(=O)NCc2cn3c(C)cccc3n2)c1OC(F)F. The molecule has 0 aliphatic heterocycles. The van der Waals surface area contributed by atoms with Crippen molar-refractivity contribution in [3.63, 3.8) is 0 Å². The van der Waals surface area contributed by atoms with Gasteiger partial charge in [-0.2, -0.15) is 8.78 Å². The van der Waals surface area contributed by atoms with Gasteiger partial charge in [-0.3, -0.25) is 4.79 Å². The summed E-state index contributed by atoms with van der Waals surface area (Å²) in [5.41, 5.74) is 2.84. The number of methoxy groups -OCH3 is 1. The van der Waals surface area contributed by atoms with E-state index in [1.54, 1.807) is 12.1 Å². The molecule has 1 aromatic carbocycles. The number of imidazole rings is 1. The Hall–Kier alpha value is -3.42. The number of aromatic nitrogens is 2. The second-order valence-electron chi connectivity index (χ2n) is 5.94. The lowest BCUT2D eigenvalue weighted by atomic mass is 10.1. The summed E-state index contributed by atoms with van der Waals surface area (Å²) >= 11 is 0. The van der Waals surface area contributed by atoms with Crippen LogP contribution in [0, 0.1) is 6.92 Å². The third-order valence-corrected chi connectivity index (χ3v) is 4.04. The lowest BCUT2D eigenvalue weighted by molar-refractivity contribution is -0.116. The Bertz CT molecular complexity index is 1020. The van der Waals surface area contributed by atoms with Crippen LogP contribution in [0.15, 0.2) is 48.7 Å². The third-order valence-electron chi connectivity index (χ3n) is 4.04. The Morgan fingerprint density at radius 1 is 1.29 bits per heavy atom. The largest absolute Gasteiger partial charge is 0.493 e. The van der Waals surface area contributed by atoms with E-state index >= 15 is 0 Å². The number of carbonyl (C=O) groups is 1. The maximum Gasteiger partial charge on any atom is 0.387 e. The van der Waals surface area contributed by atoms with Crippen LogP contribution in [0.3, 0.4) is 0 Å². The minimum atomic E-state index is -3.00. The van der Waals surface area contributed by atoms with Gasteiger partial charge in [0, 0.05) is 23.5 Å². The molecule has 6 nitrogen and oxygen atoms in total. The van der Waals surface area contributed by atoms with Crippen molar-refractivity contribution in [1.29, 1.82) is 0 Å². The maximum absolute atomic E-state index is 12.7. The molecule has 28 heavy (non-hydrogen) atoms. The van der Waals surface area contributed by atoms with E-state index in [2.05, 4.69) is 15.0 Å². The molecule has 0 saturated heterocycles. The first kappa shape index (κ1) is 19.3. The van der Waals surface area contributed by atoms with Crippen LogP contribution in [0.25, 0.3) is 11.7 Å². The first-order valence-corrected chi connectivity index (χ1v) is 8.49. The molecule has 0 unspecified atom stereocenters. The predicted molar refractivity (Wildman–Crippen MR) is 100 cm³/mol. The van der Waals surface area contributed by atoms with Crippen LogP contribution < -0.4 is 14.8 Å². The van der Waals surface area contributed by atoms with Crippen LogP contribution in [0.1, 0.15) is 17.0 Å². The Kier molecular flexibility index (Phi) is 5.88. The van der Waals surface area contributed by atoms with Crippen molar-refractivity contribution in [3.05, 3.63) is 65.6 Å². The summed E-state index contributed by atoms with van der Waals surface area (Å²) in [6.07, 6.45) is 4.49. The number of nitrogens with zero attached hydrogens (tertiary/aromatic N) is 2. The van der Waals surface area contributed by atoms with Gasteiger partial charge in [0.2, 0.25) is 5.91 Å². The van der Waals surface area contributed by atoms with E-state index in [1.807, 2.05) is 35.7 Å². The smallest absolute Gasteiger partial charge is 0.387 e. The number of rotatable bonds is 7. The first-order valence-electron chi connectivity index (χ1n) is 8.49. The molecule has 0 bridgehead atoms. The van der Waals surface area contributed by atoms with Crippen molar-refractivity contribution < 1.29 is 23.0 Å². The molecular formula is C20H19F2N3O3. The van der Waals surface area contributed by atoms with E-state index in [0.717, 1.165) is 11.3 Å². The Morgan fingerprint density at radius 2 is 2.07 bits per heavy atom. The number of halogens is 2. The van der Waals surface area contributed by atoms with Gasteiger partial charge < -0.3 is 19.2 Å². The van der Waals surface area contributed by atoms with Gasteiger partial charge in [0.1, 0.15) is 5.65 Å². The molecule has 0 aliphatic carbocycles. The van der Waals surface area contributed by atoms with Gasteiger partial charge in [-0.1, -0.05) is 18.2 Å². The summed E-state index contributed by atoms with van der Waals surface area (Å²) < 4.78 is 36.8. The Labute approximate surface area is 160 Å². The van der Waals surface area contributed by atoms with Gasteiger partial charge in [-0.15, -0.1) is 0 Å². The Balaban J connectivity index is 1.69. The molecule has 146 valence electrons. The maximum atomic E-state index is 12.7. The van der Waals surface area contributed by atoms with E-state index in [1.165, 1.54) is 25.3 Å². The number of carbonyl (C=O) groups excluding carboxylic acids is 1. The van der Waals surface area contributed by atoms with E-state index in [0.29, 0.717) is 11.3 Å². The van der Waals surface area contributed by atoms with Gasteiger partial charge in [0.15, 0.2) is 11.5 Å². The molecule has 0 spiro atoms. The minimum absolute atomic E-state index is 0.125. The molecule has 8 heteroatoms. The summed E-state index contributed by atoms with van der Waals surface area (Å²) in [6.45, 7) is -0.800. The van der Waals surface area contributed by atoms with Crippen molar-refractivity contribution in [1.82, 2.24) is 14.7 Å². The zero-order chi connectivity index (χ0) is 20.1. The number of hydrogen-bond donors (Lipinski definition) is 1. The highest BCUT2D eigenvalue weighted by atomic mass is 19.3. The van der Waals surface area contributed by atoms with Gasteiger partial charge >= 0.3 is 6.61 Å². The molecule has 0 atom stereocenters. The normalized spacial score (nSPS) is 11.3. The minimum Gasteiger partial charge on any atom is -0.493 e. The van der Waals surface area contributed by atoms with E-state index in [4.69, 9.17) is 4.74 Å². The number of fused-ring (bicyclic) bond motifs is 1. The molecule has 2 heterocycles. The number of aryl methyl sites for hydroxylation is 1. The van der Waals surface area contributed by atoms with E-state index < -0.39 is 6.61 Å². The summed E-state index contributed by atoms with van der Waals surface area (Å²) in [7, 11) is 1.35. The summed E-state index contributed by atoms with van der Waals surface area (Å²) in [6, 6.07) is 10.4. The number of benzene rings is 1. The van der Waals surface area contributed by atoms with E-state index in [9.17, 15) is 13.6 Å². The first-order chi connectivity index (χ1) is 13.5. The molecular weight excluding hydrogens is 368 g/mol. The highest BCUT2D eigenvalue weighted by molar-refractivity contribution is 5.92. The lowest BCUT2D eigenvalue weighted by Crippen LogP contribution is -2.20.